The topological polar surface area (TPSA) is 170 Å². The molecule has 2 aromatic heterocycles. The second kappa shape index (κ2) is 16.7. The Morgan fingerprint density at radius 2 is 1.05 bits per heavy atom. The third kappa shape index (κ3) is 8.00. The van der Waals surface area contributed by atoms with E-state index in [1.807, 2.05) is 46.2 Å². The highest BCUT2D eigenvalue weighted by Gasteiger charge is 2.35. The van der Waals surface area contributed by atoms with E-state index in [1.165, 1.54) is 24.0 Å². The summed E-state index contributed by atoms with van der Waals surface area (Å²) in [5.41, 5.74) is 30.0. The van der Waals surface area contributed by atoms with Gasteiger partial charge in [0.2, 0.25) is 17.7 Å². The molecule has 0 atom stereocenters. The average Bonchev–Trinajstić information content (AvgIpc) is 3.28. The highest BCUT2D eigenvalue weighted by atomic mass is 16.5. The van der Waals surface area contributed by atoms with Gasteiger partial charge in [0.15, 0.2) is 0 Å². The van der Waals surface area contributed by atoms with Gasteiger partial charge in [0.25, 0.3) is 0 Å². The summed E-state index contributed by atoms with van der Waals surface area (Å²) < 4.78 is 11.7. The zero-order valence-electron chi connectivity index (χ0n) is 34.2. The summed E-state index contributed by atoms with van der Waals surface area (Å²) >= 11 is 0. The number of nitrogens with two attached hydrogens (primary N) is 3. The van der Waals surface area contributed by atoms with Gasteiger partial charge in [0.1, 0.15) is 31.1 Å². The highest BCUT2D eigenvalue weighted by Crippen LogP contribution is 2.44. The molecule has 10 rings (SSSR count). The summed E-state index contributed by atoms with van der Waals surface area (Å²) in [6.45, 7) is 2.73. The summed E-state index contributed by atoms with van der Waals surface area (Å²) in [7, 11) is 0. The standard InChI is InChI=1S/C25H26N4O2.C25H24N4O/c26-22(30)16-29-13-14-31-24-21(29)15-20(17-5-2-1-3-6-17)23(28-24)18-7-9-19(10-8-18)25(27)11-4-12-25;26-13-14-29-15-16-30-24-22(29)17-21(18-5-2-1-3-6-18)23(28-24)19-7-9-20(10-8-19)25(27)11-4-12-25/h1-3,5-10,15H,4,11-14,16,27H2,(H2,26,30);1-3,5-10,17H,4,11-12,14-16,27H2. The van der Waals surface area contributed by atoms with Gasteiger partial charge in [-0.25, -0.2) is 9.97 Å². The second-order valence-corrected chi connectivity index (χ2v) is 16.5. The number of benzene rings is 4. The van der Waals surface area contributed by atoms with Crippen molar-refractivity contribution in [3.8, 4) is 62.6 Å². The summed E-state index contributed by atoms with van der Waals surface area (Å²) in [6.07, 6.45) is 6.52. The molecule has 0 radical (unpaired) electrons. The summed E-state index contributed by atoms with van der Waals surface area (Å²) in [4.78, 5) is 25.3. The number of hydrogen-bond donors (Lipinski definition) is 3. The van der Waals surface area contributed by atoms with Crippen molar-refractivity contribution in [3.63, 3.8) is 0 Å². The molecule has 2 aliphatic heterocycles. The maximum absolute atomic E-state index is 11.6. The number of fused-ring (bicyclic) bond motifs is 2. The lowest BCUT2D eigenvalue weighted by molar-refractivity contribution is -0.116. The molecule has 308 valence electrons. The van der Waals surface area contributed by atoms with Gasteiger partial charge in [0.05, 0.1) is 37.1 Å². The van der Waals surface area contributed by atoms with Gasteiger partial charge < -0.3 is 36.5 Å². The van der Waals surface area contributed by atoms with Gasteiger partial charge in [0, 0.05) is 33.3 Å². The lowest BCUT2D eigenvalue weighted by atomic mass is 9.72. The molecule has 2 aliphatic carbocycles. The van der Waals surface area contributed by atoms with E-state index in [0.717, 1.165) is 81.8 Å². The fourth-order valence-corrected chi connectivity index (χ4v) is 8.71. The number of hydrogen-bond acceptors (Lipinski definition) is 10. The number of aromatic nitrogens is 2. The minimum absolute atomic E-state index is 0.138. The molecule has 2 fully saturated rings. The Kier molecular flexibility index (Phi) is 10.9. The molecule has 0 unspecified atom stereocenters. The molecule has 4 heterocycles. The first kappa shape index (κ1) is 39.7. The molecule has 4 aliphatic rings. The number of pyridine rings is 2. The van der Waals surface area contributed by atoms with Crippen molar-refractivity contribution < 1.29 is 14.3 Å². The molecule has 2 saturated carbocycles. The van der Waals surface area contributed by atoms with Gasteiger partial charge in [-0.1, -0.05) is 109 Å². The van der Waals surface area contributed by atoms with Crippen LogP contribution in [0.4, 0.5) is 11.4 Å². The van der Waals surface area contributed by atoms with E-state index in [4.69, 9.17) is 36.6 Å². The molecule has 6 aromatic rings. The maximum Gasteiger partial charge on any atom is 0.238 e. The molecule has 0 saturated heterocycles. The number of primary amides is 1. The van der Waals surface area contributed by atoms with Crippen LogP contribution in [-0.4, -0.2) is 55.3 Å². The van der Waals surface area contributed by atoms with Crippen LogP contribution in [0.1, 0.15) is 49.7 Å². The fourth-order valence-electron chi connectivity index (χ4n) is 8.71. The van der Waals surface area contributed by atoms with Crippen LogP contribution in [0.5, 0.6) is 11.8 Å². The van der Waals surface area contributed by atoms with Crippen molar-refractivity contribution in [2.24, 2.45) is 17.2 Å². The van der Waals surface area contributed by atoms with Crippen LogP contribution < -0.4 is 36.5 Å². The molecule has 11 heteroatoms. The van der Waals surface area contributed by atoms with E-state index in [9.17, 15) is 10.1 Å². The van der Waals surface area contributed by atoms with Crippen LogP contribution in [-0.2, 0) is 15.9 Å². The number of carbonyl (C=O) groups is 1. The Morgan fingerprint density at radius 3 is 1.44 bits per heavy atom. The van der Waals surface area contributed by atoms with Crippen molar-refractivity contribution in [3.05, 3.63) is 132 Å². The first-order chi connectivity index (χ1) is 29.7. The number of anilines is 2. The van der Waals surface area contributed by atoms with Gasteiger partial charge in [-0.05, 0) is 72.9 Å². The van der Waals surface area contributed by atoms with Gasteiger partial charge >= 0.3 is 0 Å². The van der Waals surface area contributed by atoms with Gasteiger partial charge in [-0.3, -0.25) is 4.79 Å². The smallest absolute Gasteiger partial charge is 0.238 e. The predicted octanol–water partition coefficient (Wildman–Crippen LogP) is 7.91. The van der Waals surface area contributed by atoms with E-state index in [0.29, 0.717) is 44.6 Å². The molecular weight excluding hydrogens is 761 g/mol. The number of nitrogens with zero attached hydrogens (tertiary/aromatic N) is 5. The molecule has 0 bridgehead atoms. The summed E-state index contributed by atoms with van der Waals surface area (Å²) in [5.74, 6) is 0.741. The molecule has 11 nitrogen and oxygen atoms in total. The zero-order valence-corrected chi connectivity index (χ0v) is 34.2. The molecule has 0 spiro atoms. The van der Waals surface area contributed by atoms with Crippen LogP contribution in [0.25, 0.3) is 44.8 Å². The normalized spacial score (nSPS) is 16.7. The Morgan fingerprint density at radius 1 is 0.623 bits per heavy atom. The van der Waals surface area contributed by atoms with Crippen molar-refractivity contribution in [1.82, 2.24) is 9.97 Å². The fraction of sp³-hybridized carbons (Fsp3) is 0.280. The van der Waals surface area contributed by atoms with Crippen LogP contribution in [0.15, 0.2) is 121 Å². The zero-order chi connectivity index (χ0) is 42.0. The minimum atomic E-state index is -0.375. The predicted molar refractivity (Wildman–Crippen MR) is 240 cm³/mol. The molecule has 4 aromatic carbocycles. The lowest BCUT2D eigenvalue weighted by Gasteiger charge is -2.38. The number of ether oxygens (including phenoxy) is 2. The quantitative estimate of drug-likeness (QED) is 0.122. The van der Waals surface area contributed by atoms with E-state index in [2.05, 4.69) is 91.0 Å². The van der Waals surface area contributed by atoms with E-state index < -0.39 is 0 Å². The average molecular weight is 811 g/mol. The third-order valence-corrected chi connectivity index (χ3v) is 12.6. The van der Waals surface area contributed by atoms with Gasteiger partial charge in [-0.2, -0.15) is 5.26 Å². The Balaban J connectivity index is 0.000000156. The van der Waals surface area contributed by atoms with E-state index in [1.54, 1.807) is 0 Å². The lowest BCUT2D eigenvalue weighted by Crippen LogP contribution is -2.43. The first-order valence-corrected chi connectivity index (χ1v) is 21.1. The summed E-state index contributed by atoms with van der Waals surface area (Å²) in [5, 5.41) is 9.22. The number of rotatable bonds is 9. The molecule has 1 amide bonds. The van der Waals surface area contributed by atoms with Crippen LogP contribution in [0.3, 0.4) is 0 Å². The number of carbonyl (C=O) groups excluding carboxylic acids is 1. The molecule has 6 N–H and O–H groups in total. The highest BCUT2D eigenvalue weighted by molar-refractivity contribution is 5.87. The van der Waals surface area contributed by atoms with Crippen molar-refractivity contribution >= 4 is 17.3 Å². The Hall–Kier alpha value is -6.74. The van der Waals surface area contributed by atoms with Gasteiger partial charge in [-0.15, -0.1) is 0 Å². The van der Waals surface area contributed by atoms with Crippen molar-refractivity contribution in [1.29, 1.82) is 5.26 Å². The molecule has 61 heavy (non-hydrogen) atoms. The SMILES string of the molecule is N#CCN1CCOc2nc(-c3ccc(C4(N)CCC4)cc3)c(-c3ccccc3)cc21.NC(=O)CN1CCOc2nc(-c3ccc(C4(N)CCC4)cc3)c(-c3ccccc3)cc21. The minimum Gasteiger partial charge on any atom is -0.474 e. The van der Waals surface area contributed by atoms with Crippen molar-refractivity contribution in [2.75, 3.05) is 49.2 Å². The Bertz CT molecular complexity index is 2570. The second-order valence-electron chi connectivity index (χ2n) is 16.5. The largest absolute Gasteiger partial charge is 0.474 e. The van der Waals surface area contributed by atoms with Crippen LogP contribution >= 0.6 is 0 Å². The van der Waals surface area contributed by atoms with E-state index >= 15 is 0 Å². The first-order valence-electron chi connectivity index (χ1n) is 21.1. The van der Waals surface area contributed by atoms with Crippen LogP contribution in [0.2, 0.25) is 0 Å². The number of amides is 1. The summed E-state index contributed by atoms with van der Waals surface area (Å²) in [6, 6.07) is 43.7. The monoisotopic (exact) mass is 810 g/mol. The molecular formula is C50H50N8O3. The van der Waals surface area contributed by atoms with Crippen molar-refractivity contribution in [2.45, 2.75) is 49.6 Å². The maximum atomic E-state index is 11.6. The third-order valence-electron chi connectivity index (χ3n) is 12.6. The van der Waals surface area contributed by atoms with E-state index in [-0.39, 0.29) is 23.5 Å². The number of nitriles is 1. The Labute approximate surface area is 356 Å². The van der Waals surface area contributed by atoms with Crippen LogP contribution in [0, 0.1) is 11.3 Å².